The molecule has 0 aliphatic carbocycles. The van der Waals surface area contributed by atoms with Gasteiger partial charge in [-0.25, -0.2) is 0 Å². The lowest BCUT2D eigenvalue weighted by Crippen LogP contribution is -2.34. The second-order valence-corrected chi connectivity index (χ2v) is 4.25. The van der Waals surface area contributed by atoms with E-state index in [1.54, 1.807) is 0 Å². The number of hydrogen-bond donors (Lipinski definition) is 1. The number of rotatable bonds is 7. The van der Waals surface area contributed by atoms with Crippen molar-refractivity contribution in [1.82, 2.24) is 0 Å². The highest BCUT2D eigenvalue weighted by molar-refractivity contribution is 7.80. The molecule has 0 amide bonds. The van der Waals surface area contributed by atoms with Crippen LogP contribution in [0.5, 0.6) is 0 Å². The average Bonchev–Trinajstić information content (AvgIpc) is 2.13. The van der Waals surface area contributed by atoms with Gasteiger partial charge >= 0.3 is 0 Å². The predicted molar refractivity (Wildman–Crippen MR) is 63.9 cm³/mol. The Balaban J connectivity index is 4.14. The summed E-state index contributed by atoms with van der Waals surface area (Å²) in [7, 11) is 0. The van der Waals surface area contributed by atoms with Crippen LogP contribution in [0.1, 0.15) is 59.3 Å². The summed E-state index contributed by atoms with van der Waals surface area (Å²) in [4.78, 5) is 0.716. The standard InChI is InChI=1S/C11H23NS/c1-4-7-8-9-11(5-2,6-3)10(12)13/h4-9H2,1-3H3,(H2,12,13). The molecule has 0 rings (SSSR count). The number of hydrogen-bond acceptors (Lipinski definition) is 1. The van der Waals surface area contributed by atoms with Gasteiger partial charge in [-0.2, -0.15) is 0 Å². The van der Waals surface area contributed by atoms with E-state index in [9.17, 15) is 0 Å². The van der Waals surface area contributed by atoms with Crippen LogP contribution < -0.4 is 5.73 Å². The van der Waals surface area contributed by atoms with Crippen LogP contribution in [-0.4, -0.2) is 4.99 Å². The first-order chi connectivity index (χ1) is 6.13. The van der Waals surface area contributed by atoms with Crippen LogP contribution in [0.4, 0.5) is 0 Å². The summed E-state index contributed by atoms with van der Waals surface area (Å²) in [6.45, 7) is 6.60. The van der Waals surface area contributed by atoms with Gasteiger partial charge in [-0.3, -0.25) is 0 Å². The zero-order valence-electron chi connectivity index (χ0n) is 9.23. The highest BCUT2D eigenvalue weighted by atomic mass is 32.1. The van der Waals surface area contributed by atoms with Crippen molar-refractivity contribution in [2.24, 2.45) is 11.1 Å². The Morgan fingerprint density at radius 3 is 2.00 bits per heavy atom. The van der Waals surface area contributed by atoms with Gasteiger partial charge in [0.25, 0.3) is 0 Å². The van der Waals surface area contributed by atoms with E-state index in [0.29, 0.717) is 4.99 Å². The van der Waals surface area contributed by atoms with Gasteiger partial charge in [-0.05, 0) is 19.3 Å². The number of unbranched alkanes of at least 4 members (excludes halogenated alkanes) is 2. The quantitative estimate of drug-likeness (QED) is 0.502. The molecule has 0 fully saturated rings. The highest BCUT2D eigenvalue weighted by Gasteiger charge is 2.28. The minimum Gasteiger partial charge on any atom is -0.393 e. The fraction of sp³-hybridized carbons (Fsp3) is 0.909. The van der Waals surface area contributed by atoms with Gasteiger partial charge in [0.15, 0.2) is 0 Å². The molecule has 0 aliphatic heterocycles. The van der Waals surface area contributed by atoms with Gasteiger partial charge < -0.3 is 5.73 Å². The molecule has 13 heavy (non-hydrogen) atoms. The van der Waals surface area contributed by atoms with E-state index in [-0.39, 0.29) is 5.41 Å². The lowest BCUT2D eigenvalue weighted by Gasteiger charge is -2.30. The Morgan fingerprint density at radius 1 is 1.15 bits per heavy atom. The largest absolute Gasteiger partial charge is 0.393 e. The van der Waals surface area contributed by atoms with Crippen molar-refractivity contribution in [3.05, 3.63) is 0 Å². The Morgan fingerprint density at radius 2 is 1.69 bits per heavy atom. The van der Waals surface area contributed by atoms with Gasteiger partial charge in [0.1, 0.15) is 0 Å². The second kappa shape index (κ2) is 6.36. The topological polar surface area (TPSA) is 26.0 Å². The van der Waals surface area contributed by atoms with E-state index < -0.39 is 0 Å². The third kappa shape index (κ3) is 3.63. The Kier molecular flexibility index (Phi) is 6.31. The van der Waals surface area contributed by atoms with E-state index in [2.05, 4.69) is 20.8 Å². The zero-order chi connectivity index (χ0) is 10.3. The molecule has 0 aromatic heterocycles. The molecule has 0 aromatic rings. The van der Waals surface area contributed by atoms with Crippen LogP contribution in [0.25, 0.3) is 0 Å². The average molecular weight is 201 g/mol. The number of nitrogens with two attached hydrogens (primary N) is 1. The fourth-order valence-electron chi connectivity index (χ4n) is 1.79. The van der Waals surface area contributed by atoms with E-state index in [4.69, 9.17) is 18.0 Å². The van der Waals surface area contributed by atoms with Crippen molar-refractivity contribution in [3.63, 3.8) is 0 Å². The van der Waals surface area contributed by atoms with Crippen LogP contribution in [0.3, 0.4) is 0 Å². The van der Waals surface area contributed by atoms with E-state index >= 15 is 0 Å². The molecule has 0 unspecified atom stereocenters. The third-order valence-electron chi connectivity index (χ3n) is 3.14. The van der Waals surface area contributed by atoms with Crippen molar-refractivity contribution in [1.29, 1.82) is 0 Å². The number of thiocarbonyl (C=S) groups is 1. The maximum atomic E-state index is 5.81. The van der Waals surface area contributed by atoms with Crippen molar-refractivity contribution in [3.8, 4) is 0 Å². The van der Waals surface area contributed by atoms with Crippen LogP contribution in [0.2, 0.25) is 0 Å². The molecule has 0 aliphatic rings. The van der Waals surface area contributed by atoms with Gasteiger partial charge in [-0.15, -0.1) is 0 Å². The normalized spacial score (nSPS) is 11.6. The van der Waals surface area contributed by atoms with E-state index in [1.807, 2.05) is 0 Å². The van der Waals surface area contributed by atoms with Crippen molar-refractivity contribution < 1.29 is 0 Å². The molecule has 1 nitrogen and oxygen atoms in total. The van der Waals surface area contributed by atoms with Crippen LogP contribution in [0, 0.1) is 5.41 Å². The summed E-state index contributed by atoms with van der Waals surface area (Å²) in [6, 6.07) is 0. The molecule has 0 radical (unpaired) electrons. The SMILES string of the molecule is CCCCCC(CC)(CC)C(N)=S. The molecular weight excluding hydrogens is 178 g/mol. The summed E-state index contributed by atoms with van der Waals surface area (Å²) in [5, 5.41) is 0. The van der Waals surface area contributed by atoms with Crippen molar-refractivity contribution in [2.75, 3.05) is 0 Å². The first-order valence-electron chi connectivity index (χ1n) is 5.42. The van der Waals surface area contributed by atoms with Crippen LogP contribution >= 0.6 is 12.2 Å². The zero-order valence-corrected chi connectivity index (χ0v) is 10.0. The maximum Gasteiger partial charge on any atom is 0.0789 e. The highest BCUT2D eigenvalue weighted by Crippen LogP contribution is 2.33. The molecule has 0 atom stereocenters. The van der Waals surface area contributed by atoms with E-state index in [0.717, 1.165) is 12.8 Å². The minimum atomic E-state index is 0.143. The van der Waals surface area contributed by atoms with Crippen LogP contribution in [0.15, 0.2) is 0 Å². The fourth-order valence-corrected chi connectivity index (χ4v) is 2.18. The molecule has 0 bridgehead atoms. The molecule has 0 saturated carbocycles. The molecule has 2 N–H and O–H groups in total. The van der Waals surface area contributed by atoms with E-state index in [1.165, 1.54) is 25.7 Å². The monoisotopic (exact) mass is 201 g/mol. The molecule has 0 spiro atoms. The summed E-state index contributed by atoms with van der Waals surface area (Å²) in [5.41, 5.74) is 5.95. The molecule has 2 heteroatoms. The van der Waals surface area contributed by atoms with Gasteiger partial charge in [0.2, 0.25) is 0 Å². The Labute approximate surface area is 88.1 Å². The minimum absolute atomic E-state index is 0.143. The first kappa shape index (κ1) is 12.9. The van der Waals surface area contributed by atoms with Crippen molar-refractivity contribution in [2.45, 2.75) is 59.3 Å². The summed E-state index contributed by atoms with van der Waals surface area (Å²) < 4.78 is 0. The smallest absolute Gasteiger partial charge is 0.0789 e. The molecular formula is C11H23NS. The third-order valence-corrected chi connectivity index (χ3v) is 3.57. The lowest BCUT2D eigenvalue weighted by atomic mass is 9.78. The molecule has 0 heterocycles. The Hall–Kier alpha value is -0.110. The Bertz CT molecular complexity index is 150. The molecule has 0 aromatic carbocycles. The summed E-state index contributed by atoms with van der Waals surface area (Å²) >= 11 is 5.15. The van der Waals surface area contributed by atoms with Crippen molar-refractivity contribution >= 4 is 17.2 Å². The maximum absolute atomic E-state index is 5.81. The predicted octanol–water partition coefficient (Wildman–Crippen LogP) is 3.66. The lowest BCUT2D eigenvalue weighted by molar-refractivity contribution is 0.345. The van der Waals surface area contributed by atoms with Gasteiger partial charge in [0.05, 0.1) is 4.99 Å². The van der Waals surface area contributed by atoms with Gasteiger partial charge in [-0.1, -0.05) is 52.3 Å². The molecule has 78 valence electrons. The van der Waals surface area contributed by atoms with Crippen LogP contribution in [-0.2, 0) is 0 Å². The van der Waals surface area contributed by atoms with Gasteiger partial charge in [0, 0.05) is 5.41 Å². The summed E-state index contributed by atoms with van der Waals surface area (Å²) in [6.07, 6.45) is 7.16. The first-order valence-corrected chi connectivity index (χ1v) is 5.83. The molecule has 0 saturated heterocycles. The second-order valence-electron chi connectivity index (χ2n) is 3.81. The summed E-state index contributed by atoms with van der Waals surface area (Å²) in [5.74, 6) is 0.